The molecule has 0 saturated carbocycles. The van der Waals surface area contributed by atoms with Crippen molar-refractivity contribution in [3.05, 3.63) is 52.8 Å². The fourth-order valence-corrected chi connectivity index (χ4v) is 3.03. The highest BCUT2D eigenvalue weighted by molar-refractivity contribution is 6.31. The van der Waals surface area contributed by atoms with E-state index in [1.807, 2.05) is 42.8 Å². The van der Waals surface area contributed by atoms with Gasteiger partial charge in [-0.25, -0.2) is 14.5 Å². The smallest absolute Gasteiger partial charge is 0.166 e. The van der Waals surface area contributed by atoms with Crippen molar-refractivity contribution in [1.82, 2.24) is 29.4 Å². The molecular formula is C17H17ClN6. The predicted octanol–water partition coefficient (Wildman–Crippen LogP) is 3.55. The van der Waals surface area contributed by atoms with E-state index >= 15 is 0 Å². The minimum atomic E-state index is 0.109. The molecule has 1 aromatic carbocycles. The van der Waals surface area contributed by atoms with Gasteiger partial charge in [-0.05, 0) is 26.0 Å². The number of halogens is 1. The molecule has 3 heterocycles. The maximum atomic E-state index is 6.23. The van der Waals surface area contributed by atoms with Crippen LogP contribution in [0.1, 0.15) is 30.1 Å². The third-order valence-corrected chi connectivity index (χ3v) is 4.83. The largest absolute Gasteiger partial charge is 0.267 e. The summed E-state index contributed by atoms with van der Waals surface area (Å²) in [7, 11) is 0. The van der Waals surface area contributed by atoms with Crippen LogP contribution in [0.5, 0.6) is 0 Å². The molecule has 0 amide bonds. The highest BCUT2D eigenvalue weighted by Gasteiger charge is 2.17. The van der Waals surface area contributed by atoms with Gasteiger partial charge in [0.1, 0.15) is 6.33 Å². The quantitative estimate of drug-likeness (QED) is 0.572. The predicted molar refractivity (Wildman–Crippen MR) is 93.4 cm³/mol. The molecule has 4 aromatic rings. The van der Waals surface area contributed by atoms with Gasteiger partial charge in [-0.15, -0.1) is 5.10 Å². The molecule has 4 rings (SSSR count). The maximum Gasteiger partial charge on any atom is 0.166 e. The molecule has 3 aromatic heterocycles. The lowest BCUT2D eigenvalue weighted by atomic mass is 10.1. The lowest BCUT2D eigenvalue weighted by Gasteiger charge is -2.09. The van der Waals surface area contributed by atoms with Crippen LogP contribution >= 0.6 is 11.6 Å². The van der Waals surface area contributed by atoms with Crippen LogP contribution in [0, 0.1) is 13.8 Å². The number of para-hydroxylation sites is 1. The van der Waals surface area contributed by atoms with E-state index in [2.05, 4.69) is 22.1 Å². The van der Waals surface area contributed by atoms with E-state index in [0.29, 0.717) is 6.54 Å². The first-order valence-corrected chi connectivity index (χ1v) is 8.22. The topological polar surface area (TPSA) is 60.9 Å². The monoisotopic (exact) mass is 340 g/mol. The summed E-state index contributed by atoms with van der Waals surface area (Å²) in [5.41, 5.74) is 3.56. The van der Waals surface area contributed by atoms with Crippen molar-refractivity contribution in [2.24, 2.45) is 0 Å². The van der Waals surface area contributed by atoms with Crippen LogP contribution in [0.15, 0.2) is 30.6 Å². The van der Waals surface area contributed by atoms with Gasteiger partial charge in [0.25, 0.3) is 0 Å². The summed E-state index contributed by atoms with van der Waals surface area (Å²) in [6.45, 7) is 6.66. The van der Waals surface area contributed by atoms with E-state index in [4.69, 9.17) is 16.6 Å². The lowest BCUT2D eigenvalue weighted by molar-refractivity contribution is 0.512. The molecule has 0 bridgehead atoms. The summed E-state index contributed by atoms with van der Waals surface area (Å²) in [6, 6.07) is 7.95. The normalized spacial score (nSPS) is 13.0. The van der Waals surface area contributed by atoms with Gasteiger partial charge in [-0.1, -0.05) is 30.7 Å². The molecule has 24 heavy (non-hydrogen) atoms. The molecule has 0 spiro atoms. The van der Waals surface area contributed by atoms with Crippen molar-refractivity contribution in [1.29, 1.82) is 0 Å². The fraction of sp³-hybridized carbons (Fsp3) is 0.294. The van der Waals surface area contributed by atoms with Gasteiger partial charge in [-0.2, -0.15) is 5.10 Å². The van der Waals surface area contributed by atoms with E-state index < -0.39 is 0 Å². The Labute approximate surface area is 144 Å². The average molecular weight is 341 g/mol. The Hall–Kier alpha value is -2.47. The molecule has 0 unspecified atom stereocenters. The first-order chi connectivity index (χ1) is 11.5. The van der Waals surface area contributed by atoms with Crippen molar-refractivity contribution in [2.75, 3.05) is 0 Å². The number of aryl methyl sites for hydroxylation is 1. The van der Waals surface area contributed by atoms with Crippen LogP contribution in [0.3, 0.4) is 0 Å². The Bertz CT molecular complexity index is 1050. The number of hydrogen-bond acceptors (Lipinski definition) is 4. The van der Waals surface area contributed by atoms with E-state index in [1.165, 1.54) is 0 Å². The second kappa shape index (κ2) is 5.56. The summed E-state index contributed by atoms with van der Waals surface area (Å²) >= 11 is 6.23. The highest BCUT2D eigenvalue weighted by atomic mass is 35.5. The number of fused-ring (bicyclic) bond motifs is 3. The lowest BCUT2D eigenvalue weighted by Crippen LogP contribution is -2.10. The van der Waals surface area contributed by atoms with Crippen LogP contribution < -0.4 is 0 Å². The van der Waals surface area contributed by atoms with E-state index in [9.17, 15) is 0 Å². The first-order valence-electron chi connectivity index (χ1n) is 7.84. The second-order valence-electron chi connectivity index (χ2n) is 6.07. The van der Waals surface area contributed by atoms with Crippen LogP contribution in [0.25, 0.3) is 16.6 Å². The van der Waals surface area contributed by atoms with Gasteiger partial charge in [0.15, 0.2) is 11.5 Å². The van der Waals surface area contributed by atoms with Crippen molar-refractivity contribution < 1.29 is 0 Å². The van der Waals surface area contributed by atoms with E-state index in [-0.39, 0.29) is 5.92 Å². The zero-order chi connectivity index (χ0) is 16.8. The van der Waals surface area contributed by atoms with Gasteiger partial charge in [0.2, 0.25) is 0 Å². The molecular weight excluding hydrogens is 324 g/mol. The molecule has 122 valence electrons. The molecule has 6 nitrogen and oxygen atoms in total. The zero-order valence-corrected chi connectivity index (χ0v) is 14.5. The second-order valence-corrected chi connectivity index (χ2v) is 6.45. The summed E-state index contributed by atoms with van der Waals surface area (Å²) in [4.78, 5) is 9.15. The molecule has 0 radical (unpaired) electrons. The van der Waals surface area contributed by atoms with E-state index in [0.717, 1.165) is 38.8 Å². The molecule has 0 N–H and O–H groups in total. The average Bonchev–Trinajstić information content (AvgIpc) is 3.13. The van der Waals surface area contributed by atoms with Crippen LogP contribution in [-0.2, 0) is 6.54 Å². The minimum Gasteiger partial charge on any atom is -0.267 e. The Balaban J connectivity index is 1.73. The molecule has 0 fully saturated rings. The van der Waals surface area contributed by atoms with Crippen molar-refractivity contribution in [3.8, 4) is 0 Å². The molecule has 0 aliphatic heterocycles. The van der Waals surface area contributed by atoms with Gasteiger partial charge in [0, 0.05) is 11.3 Å². The fourth-order valence-electron chi connectivity index (χ4n) is 2.90. The summed E-state index contributed by atoms with van der Waals surface area (Å²) in [5.74, 6) is 0.884. The minimum absolute atomic E-state index is 0.109. The van der Waals surface area contributed by atoms with Gasteiger partial charge in [-0.3, -0.25) is 4.68 Å². The maximum absolute atomic E-state index is 6.23. The number of nitrogens with zero attached hydrogens (tertiary/aromatic N) is 6. The third kappa shape index (κ3) is 2.34. The zero-order valence-electron chi connectivity index (χ0n) is 13.7. The van der Waals surface area contributed by atoms with Crippen molar-refractivity contribution >= 4 is 28.2 Å². The van der Waals surface area contributed by atoms with Crippen LogP contribution in [0.4, 0.5) is 0 Å². The van der Waals surface area contributed by atoms with Gasteiger partial charge >= 0.3 is 0 Å². The Morgan fingerprint density at radius 1 is 1.17 bits per heavy atom. The number of hydrogen-bond donors (Lipinski definition) is 0. The van der Waals surface area contributed by atoms with Crippen molar-refractivity contribution in [3.63, 3.8) is 0 Å². The Morgan fingerprint density at radius 3 is 2.71 bits per heavy atom. The summed E-state index contributed by atoms with van der Waals surface area (Å²) in [6.07, 6.45) is 1.71. The summed E-state index contributed by atoms with van der Waals surface area (Å²) in [5, 5.41) is 10.8. The van der Waals surface area contributed by atoms with Gasteiger partial charge < -0.3 is 0 Å². The molecule has 0 aliphatic carbocycles. The van der Waals surface area contributed by atoms with Crippen LogP contribution in [-0.4, -0.2) is 29.4 Å². The highest BCUT2D eigenvalue weighted by Crippen LogP contribution is 2.23. The van der Waals surface area contributed by atoms with Crippen molar-refractivity contribution in [2.45, 2.75) is 33.2 Å². The first kappa shape index (κ1) is 15.1. The standard InChI is InChI=1S/C17H17ClN6/c1-10(8-23-12(3)15(18)11(2)21-23)16-20-17-13-6-4-5-7-14(13)19-9-24(17)22-16/h4-7,9-10H,8H2,1-3H3/t10-/m1/s1. The molecule has 0 saturated heterocycles. The number of rotatable bonds is 3. The summed E-state index contributed by atoms with van der Waals surface area (Å²) < 4.78 is 3.66. The van der Waals surface area contributed by atoms with Crippen LogP contribution in [0.2, 0.25) is 5.02 Å². The molecule has 0 aliphatic rings. The Kier molecular flexibility index (Phi) is 3.49. The molecule has 7 heteroatoms. The Morgan fingerprint density at radius 2 is 1.96 bits per heavy atom. The SMILES string of the molecule is Cc1nn(C[C@@H](C)c2nc3c4ccccc4ncn3n2)c(C)c1Cl. The third-order valence-electron chi connectivity index (χ3n) is 4.28. The molecule has 1 atom stereocenters. The van der Waals surface area contributed by atoms with E-state index in [1.54, 1.807) is 10.8 Å². The van der Waals surface area contributed by atoms with Gasteiger partial charge in [0.05, 0.1) is 28.5 Å². The number of aromatic nitrogens is 6. The number of benzene rings is 1.